The molecule has 10 heteroatoms. The molecule has 28 heavy (non-hydrogen) atoms. The zero-order valence-electron chi connectivity index (χ0n) is 14.8. The number of sulfonamides is 1. The first-order chi connectivity index (χ1) is 13.0. The van der Waals surface area contributed by atoms with Crippen molar-refractivity contribution in [3.05, 3.63) is 59.1 Å². The number of nitrogens with zero attached hydrogens (tertiary/aromatic N) is 1. The molecule has 1 aliphatic carbocycles. The van der Waals surface area contributed by atoms with Gasteiger partial charge in [0.2, 0.25) is 19.9 Å². The summed E-state index contributed by atoms with van der Waals surface area (Å²) in [5.74, 6) is -3.57. The maximum Gasteiger partial charge on any atom is 0.341 e. The molecular formula is C18H18ClF2NO4S2. The Morgan fingerprint density at radius 3 is 1.89 bits per heavy atom. The summed E-state index contributed by atoms with van der Waals surface area (Å²) in [6, 6.07) is 10.1. The number of hydrogen-bond donors (Lipinski definition) is 0. The summed E-state index contributed by atoms with van der Waals surface area (Å²) in [4.78, 5) is -0.765. The van der Waals surface area contributed by atoms with Crippen LogP contribution < -0.4 is 0 Å². The fourth-order valence-electron chi connectivity index (χ4n) is 2.96. The van der Waals surface area contributed by atoms with Crippen LogP contribution in [0.5, 0.6) is 0 Å². The lowest BCUT2D eigenvalue weighted by molar-refractivity contribution is 0.234. The summed E-state index contributed by atoms with van der Waals surface area (Å²) >= 11 is 5.90. The summed E-state index contributed by atoms with van der Waals surface area (Å²) in [5, 5.41) is 0.535. The molecule has 1 fully saturated rings. The molecule has 0 unspecified atom stereocenters. The monoisotopic (exact) mass is 449 g/mol. The minimum absolute atomic E-state index is 0.145. The van der Waals surface area contributed by atoms with E-state index >= 15 is 0 Å². The summed E-state index contributed by atoms with van der Waals surface area (Å²) < 4.78 is 76.2. The highest BCUT2D eigenvalue weighted by Crippen LogP contribution is 2.39. The molecule has 0 aliphatic heterocycles. The SMILES string of the molecule is C[C@H](c1ccc(Cl)cc1)N(C1CC1)S(=O)(=O)c1ccc(S(=O)(=O)C(F)F)cc1. The second-order valence-electron chi connectivity index (χ2n) is 6.57. The normalized spacial score (nSPS) is 16.5. The molecular weight excluding hydrogens is 432 g/mol. The van der Waals surface area contributed by atoms with Gasteiger partial charge >= 0.3 is 5.76 Å². The number of alkyl halides is 2. The predicted octanol–water partition coefficient (Wildman–Crippen LogP) is 4.25. The van der Waals surface area contributed by atoms with Crippen molar-refractivity contribution in [2.75, 3.05) is 0 Å². The lowest BCUT2D eigenvalue weighted by Gasteiger charge is -2.29. The van der Waals surface area contributed by atoms with Crippen LogP contribution in [0.1, 0.15) is 31.4 Å². The smallest absolute Gasteiger partial charge is 0.218 e. The van der Waals surface area contributed by atoms with E-state index in [0.29, 0.717) is 5.02 Å². The molecule has 0 radical (unpaired) electrons. The second-order valence-corrected chi connectivity index (χ2v) is 10.8. The summed E-state index contributed by atoms with van der Waals surface area (Å²) in [7, 11) is -8.74. The lowest BCUT2D eigenvalue weighted by atomic mass is 10.1. The Balaban J connectivity index is 1.96. The maximum absolute atomic E-state index is 13.2. The van der Waals surface area contributed by atoms with Gasteiger partial charge in [-0.2, -0.15) is 13.1 Å². The van der Waals surface area contributed by atoms with Gasteiger partial charge in [0.15, 0.2) is 0 Å². The van der Waals surface area contributed by atoms with Crippen molar-refractivity contribution >= 4 is 31.5 Å². The van der Waals surface area contributed by atoms with Gasteiger partial charge in [0, 0.05) is 17.1 Å². The second kappa shape index (κ2) is 7.70. The van der Waals surface area contributed by atoms with Crippen LogP contribution in [0.3, 0.4) is 0 Å². The Morgan fingerprint density at radius 2 is 1.43 bits per heavy atom. The number of hydrogen-bond acceptors (Lipinski definition) is 4. The molecule has 152 valence electrons. The first kappa shape index (κ1) is 21.2. The molecule has 1 aliphatic rings. The van der Waals surface area contributed by atoms with E-state index in [1.54, 1.807) is 31.2 Å². The van der Waals surface area contributed by atoms with Crippen LogP contribution >= 0.6 is 11.6 Å². The molecule has 0 spiro atoms. The van der Waals surface area contributed by atoms with Gasteiger partial charge in [-0.3, -0.25) is 0 Å². The van der Waals surface area contributed by atoms with Crippen LogP contribution in [0.25, 0.3) is 0 Å². The first-order valence-corrected chi connectivity index (χ1v) is 11.8. The van der Waals surface area contributed by atoms with Gasteiger partial charge in [0.25, 0.3) is 0 Å². The van der Waals surface area contributed by atoms with E-state index in [1.807, 2.05) is 0 Å². The molecule has 1 saturated carbocycles. The van der Waals surface area contributed by atoms with E-state index < -0.39 is 36.6 Å². The van der Waals surface area contributed by atoms with Gasteiger partial charge in [0.1, 0.15) is 0 Å². The van der Waals surface area contributed by atoms with Crippen molar-refractivity contribution in [1.82, 2.24) is 4.31 Å². The molecule has 2 aromatic carbocycles. The third-order valence-corrected chi connectivity index (χ3v) is 8.29. The molecule has 0 N–H and O–H groups in total. The summed E-state index contributed by atoms with van der Waals surface area (Å²) in [6.07, 6.45) is 1.43. The van der Waals surface area contributed by atoms with Crippen LogP contribution in [0, 0.1) is 0 Å². The van der Waals surface area contributed by atoms with Gasteiger partial charge in [0.05, 0.1) is 9.79 Å². The third kappa shape index (κ3) is 4.07. The molecule has 5 nitrogen and oxygen atoms in total. The van der Waals surface area contributed by atoms with E-state index in [-0.39, 0.29) is 10.9 Å². The van der Waals surface area contributed by atoms with Crippen LogP contribution in [0.15, 0.2) is 58.3 Å². The van der Waals surface area contributed by atoms with E-state index in [0.717, 1.165) is 42.7 Å². The first-order valence-electron chi connectivity index (χ1n) is 8.46. The minimum atomic E-state index is -4.78. The highest BCUT2D eigenvalue weighted by Gasteiger charge is 2.41. The Labute approximate surface area is 167 Å². The van der Waals surface area contributed by atoms with Crippen LogP contribution in [-0.2, 0) is 19.9 Å². The minimum Gasteiger partial charge on any atom is -0.218 e. The molecule has 3 rings (SSSR count). The molecule has 0 bridgehead atoms. The Hall–Kier alpha value is -1.55. The van der Waals surface area contributed by atoms with Crippen molar-refractivity contribution in [1.29, 1.82) is 0 Å². The van der Waals surface area contributed by atoms with Gasteiger partial charge in [-0.25, -0.2) is 16.8 Å². The molecule has 0 amide bonds. The fourth-order valence-corrected chi connectivity index (χ4v) is 5.68. The Morgan fingerprint density at radius 1 is 0.929 bits per heavy atom. The average molecular weight is 450 g/mol. The lowest BCUT2D eigenvalue weighted by Crippen LogP contribution is -2.35. The largest absolute Gasteiger partial charge is 0.341 e. The van der Waals surface area contributed by atoms with Crippen LogP contribution in [-0.4, -0.2) is 32.9 Å². The van der Waals surface area contributed by atoms with E-state index in [2.05, 4.69) is 0 Å². The molecule has 0 aromatic heterocycles. The van der Waals surface area contributed by atoms with Crippen LogP contribution in [0.4, 0.5) is 8.78 Å². The highest BCUT2D eigenvalue weighted by molar-refractivity contribution is 7.91. The van der Waals surface area contributed by atoms with Gasteiger partial charge in [-0.15, -0.1) is 0 Å². The number of sulfone groups is 1. The predicted molar refractivity (Wildman–Crippen MR) is 102 cm³/mol. The molecule has 0 heterocycles. The number of rotatable bonds is 7. The summed E-state index contributed by atoms with van der Waals surface area (Å²) in [5.41, 5.74) is 0.761. The number of halogens is 3. The highest BCUT2D eigenvalue weighted by atomic mass is 35.5. The average Bonchev–Trinajstić information content (AvgIpc) is 3.47. The zero-order chi connectivity index (χ0) is 20.7. The number of benzene rings is 2. The van der Waals surface area contributed by atoms with Crippen molar-refractivity contribution in [2.24, 2.45) is 0 Å². The van der Waals surface area contributed by atoms with Crippen molar-refractivity contribution in [3.8, 4) is 0 Å². The molecule has 0 saturated heterocycles. The molecule has 1 atom stereocenters. The zero-order valence-corrected chi connectivity index (χ0v) is 17.2. The van der Waals surface area contributed by atoms with E-state index in [4.69, 9.17) is 11.6 Å². The quantitative estimate of drug-likeness (QED) is 0.633. The van der Waals surface area contributed by atoms with Crippen molar-refractivity contribution < 1.29 is 25.6 Å². The van der Waals surface area contributed by atoms with E-state index in [1.165, 1.54) is 4.31 Å². The van der Waals surface area contributed by atoms with Crippen molar-refractivity contribution in [2.45, 2.75) is 47.4 Å². The third-order valence-electron chi connectivity index (χ3n) is 4.60. The molecule has 2 aromatic rings. The van der Waals surface area contributed by atoms with Gasteiger partial charge in [-0.05, 0) is 61.7 Å². The fraction of sp³-hybridized carbons (Fsp3) is 0.333. The van der Waals surface area contributed by atoms with Crippen molar-refractivity contribution in [3.63, 3.8) is 0 Å². The standard InChI is InChI=1S/C18H18ClF2NO4S2/c1-12(13-2-4-14(19)5-3-13)22(15-6-7-15)28(25,26)17-10-8-16(9-11-17)27(23,24)18(20)21/h2-5,8-12,15,18H,6-7H2,1H3/t12-/m1/s1. The Bertz CT molecular complexity index is 1050. The summed E-state index contributed by atoms with van der Waals surface area (Å²) in [6.45, 7) is 1.76. The van der Waals surface area contributed by atoms with Gasteiger partial charge in [-0.1, -0.05) is 23.7 Å². The van der Waals surface area contributed by atoms with Gasteiger partial charge < -0.3 is 0 Å². The van der Waals surface area contributed by atoms with Crippen LogP contribution in [0.2, 0.25) is 5.02 Å². The Kier molecular flexibility index (Phi) is 5.82. The maximum atomic E-state index is 13.2. The topological polar surface area (TPSA) is 71.5 Å². The van der Waals surface area contributed by atoms with E-state index in [9.17, 15) is 25.6 Å².